The number of carbonyl (C=O) groups excluding carboxylic acids is 1. The molecule has 2 N–H and O–H groups in total. The highest BCUT2D eigenvalue weighted by Crippen LogP contribution is 2.09. The second kappa shape index (κ2) is 4.23. The lowest BCUT2D eigenvalue weighted by Gasteiger charge is -2.15. The molecule has 0 bridgehead atoms. The largest absolute Gasteiger partial charge is 0.350 e. The predicted octanol–water partition coefficient (Wildman–Crippen LogP) is -0.0228. The molecule has 0 aromatic carbocycles. The fraction of sp³-hybridized carbons (Fsp3) is 0.833. The number of hydrogen-bond acceptors (Lipinski definition) is 2. The molecular formula is C6H12F2N2O. The first-order chi connectivity index (χ1) is 4.98. The summed E-state index contributed by atoms with van der Waals surface area (Å²) in [6.07, 6.45) is 0. The van der Waals surface area contributed by atoms with Gasteiger partial charge in [-0.2, -0.15) is 0 Å². The second-order valence-corrected chi connectivity index (χ2v) is 2.30. The van der Waals surface area contributed by atoms with E-state index in [1.807, 2.05) is 5.32 Å². The van der Waals surface area contributed by atoms with Gasteiger partial charge in [-0.1, -0.05) is 0 Å². The van der Waals surface area contributed by atoms with Crippen LogP contribution in [0.1, 0.15) is 6.92 Å². The third-order valence-corrected chi connectivity index (χ3v) is 1.03. The summed E-state index contributed by atoms with van der Waals surface area (Å²) in [5.41, 5.74) is 0. The minimum Gasteiger partial charge on any atom is -0.350 e. The normalized spacial score (nSPS) is 11.3. The summed E-state index contributed by atoms with van der Waals surface area (Å²) in [6, 6.07) is 0. The number of carbonyl (C=O) groups is 1. The predicted molar refractivity (Wildman–Crippen MR) is 37.6 cm³/mol. The third-order valence-electron chi connectivity index (χ3n) is 1.03. The Morgan fingerprint density at radius 3 is 2.36 bits per heavy atom. The molecule has 0 fully saturated rings. The summed E-state index contributed by atoms with van der Waals surface area (Å²) in [4.78, 5) is 10.2. The topological polar surface area (TPSA) is 41.1 Å². The minimum absolute atomic E-state index is 0.423. The Labute approximate surface area is 64.2 Å². The zero-order valence-corrected chi connectivity index (χ0v) is 6.58. The van der Waals surface area contributed by atoms with Gasteiger partial charge in [0.2, 0.25) is 5.91 Å². The van der Waals surface area contributed by atoms with E-state index in [0.29, 0.717) is 0 Å². The number of amides is 1. The summed E-state index contributed by atoms with van der Waals surface area (Å²) in [5, 5.41) is 4.37. The Kier molecular flexibility index (Phi) is 3.95. The van der Waals surface area contributed by atoms with Crippen LogP contribution in [0.25, 0.3) is 0 Å². The molecule has 0 aliphatic rings. The van der Waals surface area contributed by atoms with E-state index in [9.17, 15) is 13.6 Å². The van der Waals surface area contributed by atoms with Crippen molar-refractivity contribution in [2.75, 3.05) is 20.1 Å². The summed E-state index contributed by atoms with van der Waals surface area (Å²) in [6.45, 7) is 0.173. The van der Waals surface area contributed by atoms with Gasteiger partial charge in [0.1, 0.15) is 0 Å². The van der Waals surface area contributed by atoms with E-state index in [2.05, 4.69) is 5.32 Å². The highest BCUT2D eigenvalue weighted by atomic mass is 19.3. The molecule has 0 atom stereocenters. The smallest absolute Gasteiger partial charge is 0.277 e. The number of rotatable bonds is 4. The van der Waals surface area contributed by atoms with Crippen LogP contribution >= 0.6 is 0 Å². The van der Waals surface area contributed by atoms with Gasteiger partial charge in [-0.25, -0.2) is 8.78 Å². The maximum Gasteiger partial charge on any atom is 0.277 e. The van der Waals surface area contributed by atoms with Crippen molar-refractivity contribution in [3.05, 3.63) is 0 Å². The molecule has 0 saturated heterocycles. The van der Waals surface area contributed by atoms with E-state index in [1.54, 1.807) is 0 Å². The number of halogens is 2. The summed E-state index contributed by atoms with van der Waals surface area (Å²) >= 11 is 0. The van der Waals surface area contributed by atoms with Crippen molar-refractivity contribution < 1.29 is 13.6 Å². The lowest BCUT2D eigenvalue weighted by molar-refractivity contribution is -0.120. The molecule has 0 heterocycles. The monoisotopic (exact) mass is 166 g/mol. The average molecular weight is 166 g/mol. The van der Waals surface area contributed by atoms with Crippen LogP contribution in [0.3, 0.4) is 0 Å². The van der Waals surface area contributed by atoms with E-state index in [-0.39, 0.29) is 0 Å². The first-order valence-corrected chi connectivity index (χ1v) is 3.25. The first-order valence-electron chi connectivity index (χ1n) is 3.25. The van der Waals surface area contributed by atoms with Crippen LogP contribution in [0.2, 0.25) is 0 Å². The SMILES string of the molecule is CNCC(F)(F)CNC(C)=O. The van der Waals surface area contributed by atoms with Crippen LogP contribution in [0.5, 0.6) is 0 Å². The maximum absolute atomic E-state index is 12.5. The lowest BCUT2D eigenvalue weighted by Crippen LogP contribution is -2.41. The molecule has 3 nitrogen and oxygen atoms in total. The van der Waals surface area contributed by atoms with Gasteiger partial charge in [-0.15, -0.1) is 0 Å². The van der Waals surface area contributed by atoms with Gasteiger partial charge >= 0.3 is 0 Å². The molecule has 0 aliphatic carbocycles. The van der Waals surface area contributed by atoms with Gasteiger partial charge in [0, 0.05) is 6.92 Å². The molecule has 1 amide bonds. The fourth-order valence-corrected chi connectivity index (χ4v) is 0.575. The van der Waals surface area contributed by atoms with Crippen molar-refractivity contribution in [3.8, 4) is 0 Å². The highest BCUT2D eigenvalue weighted by molar-refractivity contribution is 5.72. The zero-order chi connectivity index (χ0) is 8.91. The number of alkyl halides is 2. The van der Waals surface area contributed by atoms with Crippen molar-refractivity contribution in [2.24, 2.45) is 0 Å². The van der Waals surface area contributed by atoms with E-state index >= 15 is 0 Å². The van der Waals surface area contributed by atoms with Crippen LogP contribution in [-0.4, -0.2) is 32.0 Å². The Balaban J connectivity index is 3.63. The van der Waals surface area contributed by atoms with Crippen molar-refractivity contribution in [2.45, 2.75) is 12.8 Å². The van der Waals surface area contributed by atoms with Gasteiger partial charge in [-0.05, 0) is 7.05 Å². The van der Waals surface area contributed by atoms with Crippen molar-refractivity contribution in [3.63, 3.8) is 0 Å². The standard InChI is InChI=1S/C6H12F2N2O/c1-5(11)10-4-6(7,8)3-9-2/h9H,3-4H2,1-2H3,(H,10,11). The van der Waals surface area contributed by atoms with Crippen molar-refractivity contribution in [1.29, 1.82) is 0 Å². The van der Waals surface area contributed by atoms with E-state index in [1.165, 1.54) is 14.0 Å². The van der Waals surface area contributed by atoms with Crippen LogP contribution in [0.15, 0.2) is 0 Å². The molecule has 0 radical (unpaired) electrons. The molecule has 66 valence electrons. The number of nitrogens with one attached hydrogen (secondary N) is 2. The molecule has 11 heavy (non-hydrogen) atoms. The van der Waals surface area contributed by atoms with Gasteiger partial charge in [0.25, 0.3) is 5.92 Å². The van der Waals surface area contributed by atoms with Gasteiger partial charge in [-0.3, -0.25) is 4.79 Å². The van der Waals surface area contributed by atoms with Crippen LogP contribution in [0.4, 0.5) is 8.78 Å². The first kappa shape index (κ1) is 10.3. The molecule has 0 unspecified atom stereocenters. The number of hydrogen-bond donors (Lipinski definition) is 2. The Morgan fingerprint density at radius 1 is 1.45 bits per heavy atom. The molecular weight excluding hydrogens is 154 g/mol. The molecule has 0 rings (SSSR count). The van der Waals surface area contributed by atoms with Crippen LogP contribution < -0.4 is 10.6 Å². The van der Waals surface area contributed by atoms with Gasteiger partial charge in [0.15, 0.2) is 0 Å². The van der Waals surface area contributed by atoms with E-state index in [0.717, 1.165) is 0 Å². The molecule has 0 aliphatic heterocycles. The fourth-order valence-electron chi connectivity index (χ4n) is 0.575. The van der Waals surface area contributed by atoms with Gasteiger partial charge < -0.3 is 10.6 Å². The molecule has 0 spiro atoms. The quantitative estimate of drug-likeness (QED) is 0.616. The molecule has 0 aromatic heterocycles. The second-order valence-electron chi connectivity index (χ2n) is 2.30. The minimum atomic E-state index is -2.86. The van der Waals surface area contributed by atoms with Crippen molar-refractivity contribution in [1.82, 2.24) is 10.6 Å². The Morgan fingerprint density at radius 2 is 2.00 bits per heavy atom. The van der Waals surface area contributed by atoms with E-state index < -0.39 is 24.9 Å². The van der Waals surface area contributed by atoms with Crippen LogP contribution in [-0.2, 0) is 4.79 Å². The highest BCUT2D eigenvalue weighted by Gasteiger charge is 2.27. The summed E-state index contributed by atoms with van der Waals surface area (Å²) in [7, 11) is 1.43. The van der Waals surface area contributed by atoms with Gasteiger partial charge in [0.05, 0.1) is 13.1 Å². The zero-order valence-electron chi connectivity index (χ0n) is 6.58. The van der Waals surface area contributed by atoms with Crippen molar-refractivity contribution >= 4 is 5.91 Å². The average Bonchev–Trinajstić information content (AvgIpc) is 1.84. The van der Waals surface area contributed by atoms with E-state index in [4.69, 9.17) is 0 Å². The third kappa shape index (κ3) is 5.72. The summed E-state index contributed by atoms with van der Waals surface area (Å²) < 4.78 is 25.0. The molecule has 5 heteroatoms. The summed E-state index contributed by atoms with van der Waals surface area (Å²) in [5.74, 6) is -3.30. The van der Waals surface area contributed by atoms with Crippen LogP contribution in [0, 0.1) is 0 Å². The Hall–Kier alpha value is -0.710. The lowest BCUT2D eigenvalue weighted by atomic mass is 10.3. The molecule has 0 aromatic rings. The molecule has 0 saturated carbocycles. The maximum atomic E-state index is 12.5. The Bertz CT molecular complexity index is 139.